The molecule has 1 aromatic heterocycles. The van der Waals surface area contributed by atoms with Crippen LogP contribution in [0, 0.1) is 5.92 Å². The van der Waals surface area contributed by atoms with Gasteiger partial charge in [-0.1, -0.05) is 48.5 Å². The van der Waals surface area contributed by atoms with Crippen molar-refractivity contribution in [1.29, 1.82) is 0 Å². The molecule has 0 saturated carbocycles. The van der Waals surface area contributed by atoms with Crippen molar-refractivity contribution < 1.29 is 9.53 Å². The molecular formula is C26H23N3O2. The van der Waals surface area contributed by atoms with Crippen molar-refractivity contribution >= 4 is 11.7 Å². The average molecular weight is 409 g/mol. The predicted octanol–water partition coefficient (Wildman–Crippen LogP) is 5.11. The van der Waals surface area contributed by atoms with E-state index in [4.69, 9.17) is 4.74 Å². The molecule has 1 aliphatic rings. The van der Waals surface area contributed by atoms with Crippen LogP contribution in [0.4, 0.5) is 5.82 Å². The normalized spacial score (nSPS) is 14.8. The number of hydrogen-bond acceptors (Lipinski definition) is 3. The van der Waals surface area contributed by atoms with Gasteiger partial charge in [0.05, 0.1) is 12.8 Å². The van der Waals surface area contributed by atoms with Gasteiger partial charge in [-0.3, -0.25) is 9.89 Å². The van der Waals surface area contributed by atoms with Crippen molar-refractivity contribution in [2.24, 2.45) is 5.92 Å². The van der Waals surface area contributed by atoms with Crippen LogP contribution in [-0.4, -0.2) is 23.2 Å². The molecule has 1 heterocycles. The molecule has 5 nitrogen and oxygen atoms in total. The standard InChI is InChI=1S/C26H23N3O2/c1-31-21-12-10-18(11-13-21)24-16-25(29-28-24)27-26(30)20-14-19-8-5-9-22(23(19)15-20)17-6-3-2-4-7-17/h2-13,16,20H,14-15H2,1H3,(H2,27,28,29,30). The van der Waals surface area contributed by atoms with Crippen LogP contribution in [-0.2, 0) is 17.6 Å². The number of rotatable bonds is 5. The molecule has 3 aromatic carbocycles. The van der Waals surface area contributed by atoms with Crippen molar-refractivity contribution in [2.45, 2.75) is 12.8 Å². The number of benzene rings is 3. The monoisotopic (exact) mass is 409 g/mol. The number of aromatic amines is 1. The number of nitrogens with zero attached hydrogens (tertiary/aromatic N) is 1. The van der Waals surface area contributed by atoms with E-state index in [1.165, 1.54) is 22.3 Å². The summed E-state index contributed by atoms with van der Waals surface area (Å²) >= 11 is 0. The third-order valence-corrected chi connectivity index (χ3v) is 5.88. The molecule has 0 saturated heterocycles. The Morgan fingerprint density at radius 1 is 0.968 bits per heavy atom. The van der Waals surface area contributed by atoms with Gasteiger partial charge in [0.15, 0.2) is 5.82 Å². The van der Waals surface area contributed by atoms with Gasteiger partial charge < -0.3 is 10.1 Å². The zero-order valence-corrected chi connectivity index (χ0v) is 17.3. The van der Waals surface area contributed by atoms with Crippen LogP contribution in [0.2, 0.25) is 0 Å². The number of hydrogen-bond donors (Lipinski definition) is 2. The fourth-order valence-corrected chi connectivity index (χ4v) is 4.26. The molecule has 5 rings (SSSR count). The SMILES string of the molecule is COc1ccc(-c2cc(NC(=O)C3Cc4cccc(-c5ccccc5)c4C3)n[nH]2)cc1. The molecule has 5 heteroatoms. The summed E-state index contributed by atoms with van der Waals surface area (Å²) in [5, 5.41) is 10.3. The molecule has 2 N–H and O–H groups in total. The van der Waals surface area contributed by atoms with E-state index in [2.05, 4.69) is 45.8 Å². The van der Waals surface area contributed by atoms with E-state index in [1.807, 2.05) is 48.5 Å². The lowest BCUT2D eigenvalue weighted by molar-refractivity contribution is -0.119. The Bertz CT molecular complexity index is 1210. The topological polar surface area (TPSA) is 67.0 Å². The summed E-state index contributed by atoms with van der Waals surface area (Å²) in [7, 11) is 1.64. The van der Waals surface area contributed by atoms with Crippen molar-refractivity contribution in [3.8, 4) is 28.1 Å². The van der Waals surface area contributed by atoms with Gasteiger partial charge in [0.1, 0.15) is 5.75 Å². The Hall–Kier alpha value is -3.86. The molecule has 1 amide bonds. The first-order valence-corrected chi connectivity index (χ1v) is 10.4. The fraction of sp³-hybridized carbons (Fsp3) is 0.154. The van der Waals surface area contributed by atoms with Crippen molar-refractivity contribution in [1.82, 2.24) is 10.2 Å². The smallest absolute Gasteiger partial charge is 0.229 e. The molecule has 0 bridgehead atoms. The lowest BCUT2D eigenvalue weighted by Crippen LogP contribution is -2.23. The Balaban J connectivity index is 1.30. The van der Waals surface area contributed by atoms with Gasteiger partial charge in [-0.15, -0.1) is 0 Å². The molecule has 0 spiro atoms. The number of ether oxygens (including phenoxy) is 1. The Labute approximate surface area is 181 Å². The van der Waals surface area contributed by atoms with Crippen LogP contribution < -0.4 is 10.1 Å². The van der Waals surface area contributed by atoms with Gasteiger partial charge in [-0.25, -0.2) is 0 Å². The third-order valence-electron chi connectivity index (χ3n) is 5.88. The quantitative estimate of drug-likeness (QED) is 0.482. The number of H-pyrrole nitrogens is 1. The number of nitrogens with one attached hydrogen (secondary N) is 2. The first-order chi connectivity index (χ1) is 15.2. The maximum Gasteiger partial charge on any atom is 0.229 e. The number of amides is 1. The van der Waals surface area contributed by atoms with Crippen LogP contribution >= 0.6 is 0 Å². The number of anilines is 1. The highest BCUT2D eigenvalue weighted by Crippen LogP contribution is 2.35. The van der Waals surface area contributed by atoms with Gasteiger partial charge in [0.25, 0.3) is 0 Å². The highest BCUT2D eigenvalue weighted by molar-refractivity contribution is 5.93. The minimum atomic E-state index is -0.0963. The largest absolute Gasteiger partial charge is 0.497 e. The zero-order chi connectivity index (χ0) is 21.2. The summed E-state index contributed by atoms with van der Waals surface area (Å²) in [6, 6.07) is 26.3. The lowest BCUT2D eigenvalue weighted by atomic mass is 9.96. The highest BCUT2D eigenvalue weighted by atomic mass is 16.5. The molecule has 4 aromatic rings. The highest BCUT2D eigenvalue weighted by Gasteiger charge is 2.29. The first kappa shape index (κ1) is 19.1. The van der Waals surface area contributed by atoms with Crippen molar-refractivity contribution in [3.63, 3.8) is 0 Å². The second-order valence-electron chi connectivity index (χ2n) is 7.80. The number of aromatic nitrogens is 2. The molecular weight excluding hydrogens is 386 g/mol. The molecule has 1 atom stereocenters. The summed E-state index contributed by atoms with van der Waals surface area (Å²) in [6.07, 6.45) is 1.49. The van der Waals surface area contributed by atoms with Gasteiger partial charge in [-0.05, 0) is 64.9 Å². The fourth-order valence-electron chi connectivity index (χ4n) is 4.26. The van der Waals surface area contributed by atoms with Crippen LogP contribution in [0.1, 0.15) is 11.1 Å². The first-order valence-electron chi connectivity index (χ1n) is 10.4. The van der Waals surface area contributed by atoms with E-state index < -0.39 is 0 Å². The van der Waals surface area contributed by atoms with Crippen LogP contribution in [0.25, 0.3) is 22.4 Å². The molecule has 154 valence electrons. The van der Waals surface area contributed by atoms with E-state index in [0.717, 1.165) is 29.8 Å². The Morgan fingerprint density at radius 2 is 1.77 bits per heavy atom. The van der Waals surface area contributed by atoms with E-state index in [9.17, 15) is 4.79 Å². The minimum absolute atomic E-state index is 0.00277. The number of fused-ring (bicyclic) bond motifs is 1. The number of carbonyl (C=O) groups is 1. The molecule has 31 heavy (non-hydrogen) atoms. The van der Waals surface area contributed by atoms with E-state index >= 15 is 0 Å². The molecule has 0 aliphatic heterocycles. The van der Waals surface area contributed by atoms with Crippen molar-refractivity contribution in [3.05, 3.63) is 90.0 Å². The summed E-state index contributed by atoms with van der Waals surface area (Å²) in [5.41, 5.74) is 6.76. The van der Waals surface area contributed by atoms with Crippen LogP contribution in [0.3, 0.4) is 0 Å². The maximum absolute atomic E-state index is 13.0. The minimum Gasteiger partial charge on any atom is -0.497 e. The molecule has 1 aliphatic carbocycles. The Kier molecular flexibility index (Phi) is 5.00. The van der Waals surface area contributed by atoms with E-state index in [1.54, 1.807) is 7.11 Å². The second-order valence-corrected chi connectivity index (χ2v) is 7.80. The van der Waals surface area contributed by atoms with E-state index in [0.29, 0.717) is 5.82 Å². The summed E-state index contributed by atoms with van der Waals surface area (Å²) in [5.74, 6) is 1.24. The molecule has 1 unspecified atom stereocenters. The molecule has 0 fully saturated rings. The van der Waals surface area contributed by atoms with Gasteiger partial charge in [0.2, 0.25) is 5.91 Å². The van der Waals surface area contributed by atoms with Gasteiger partial charge in [-0.2, -0.15) is 5.10 Å². The number of methoxy groups -OCH3 is 1. The predicted molar refractivity (Wildman–Crippen MR) is 122 cm³/mol. The van der Waals surface area contributed by atoms with Gasteiger partial charge >= 0.3 is 0 Å². The van der Waals surface area contributed by atoms with Crippen LogP contribution in [0.5, 0.6) is 5.75 Å². The summed E-state index contributed by atoms with van der Waals surface area (Å²) in [4.78, 5) is 13.0. The van der Waals surface area contributed by atoms with Crippen LogP contribution in [0.15, 0.2) is 78.9 Å². The Morgan fingerprint density at radius 3 is 2.55 bits per heavy atom. The average Bonchev–Trinajstić information content (AvgIpc) is 3.47. The maximum atomic E-state index is 13.0. The molecule has 0 radical (unpaired) electrons. The summed E-state index contributed by atoms with van der Waals surface area (Å²) < 4.78 is 5.20. The third kappa shape index (κ3) is 3.82. The van der Waals surface area contributed by atoms with E-state index in [-0.39, 0.29) is 11.8 Å². The second kappa shape index (κ2) is 8.11. The zero-order valence-electron chi connectivity index (χ0n) is 17.3. The van der Waals surface area contributed by atoms with Crippen molar-refractivity contribution in [2.75, 3.05) is 12.4 Å². The summed E-state index contributed by atoms with van der Waals surface area (Å²) in [6.45, 7) is 0. The van der Waals surface area contributed by atoms with Gasteiger partial charge in [0, 0.05) is 12.0 Å². The lowest BCUT2D eigenvalue weighted by Gasteiger charge is -2.09. The number of carbonyl (C=O) groups excluding carboxylic acids is 1.